The van der Waals surface area contributed by atoms with Crippen LogP contribution in [0.5, 0.6) is 0 Å². The van der Waals surface area contributed by atoms with Gasteiger partial charge in [-0.25, -0.2) is 0 Å². The summed E-state index contributed by atoms with van der Waals surface area (Å²) < 4.78 is 0. The fourth-order valence-corrected chi connectivity index (χ4v) is 8.51. The molecular formula is C23H37N3O. The lowest BCUT2D eigenvalue weighted by molar-refractivity contribution is -0.102. The van der Waals surface area contributed by atoms with Gasteiger partial charge >= 0.3 is 0 Å². The van der Waals surface area contributed by atoms with Crippen LogP contribution in [0.15, 0.2) is 12.4 Å². The lowest BCUT2D eigenvalue weighted by Gasteiger charge is -2.57. The fourth-order valence-electron chi connectivity index (χ4n) is 8.51. The summed E-state index contributed by atoms with van der Waals surface area (Å²) in [6.07, 6.45) is 15.3. The van der Waals surface area contributed by atoms with E-state index in [1.54, 1.807) is 0 Å². The highest BCUT2D eigenvalue weighted by atomic mass is 16.3. The lowest BCUT2D eigenvalue weighted by Crippen LogP contribution is -2.51. The molecule has 4 aliphatic carbocycles. The summed E-state index contributed by atoms with van der Waals surface area (Å²) in [5.74, 6) is 5.12. The molecule has 1 unspecified atom stereocenters. The molecule has 27 heavy (non-hydrogen) atoms. The molecule has 0 saturated heterocycles. The SMILES string of the molecule is C[C@@H]([C@H]1CCC2[C@@H]3CC[C@@H]4C[C@](C)(O)CC[C@@H]4[C@H]3CC[C@@]21C)n1nccn1. The predicted octanol–water partition coefficient (Wildman–Crippen LogP) is 4.86. The van der Waals surface area contributed by atoms with Gasteiger partial charge in [0.2, 0.25) is 0 Å². The van der Waals surface area contributed by atoms with E-state index in [1.807, 2.05) is 17.2 Å². The number of fused-ring (bicyclic) bond motifs is 5. The van der Waals surface area contributed by atoms with E-state index in [-0.39, 0.29) is 0 Å². The Morgan fingerprint density at radius 2 is 1.67 bits per heavy atom. The van der Waals surface area contributed by atoms with Gasteiger partial charge in [0.05, 0.1) is 24.0 Å². The molecule has 1 aromatic heterocycles. The Morgan fingerprint density at radius 3 is 2.44 bits per heavy atom. The first-order chi connectivity index (χ1) is 12.9. The number of rotatable bonds is 2. The van der Waals surface area contributed by atoms with E-state index in [0.29, 0.717) is 17.4 Å². The number of hydrogen-bond donors (Lipinski definition) is 1. The second-order valence-corrected chi connectivity index (χ2v) is 11.0. The third kappa shape index (κ3) is 2.81. The Kier molecular flexibility index (Phi) is 4.24. The summed E-state index contributed by atoms with van der Waals surface area (Å²) >= 11 is 0. The van der Waals surface area contributed by atoms with Gasteiger partial charge in [0.1, 0.15) is 0 Å². The lowest BCUT2D eigenvalue weighted by atomic mass is 9.49. The van der Waals surface area contributed by atoms with Gasteiger partial charge < -0.3 is 5.11 Å². The van der Waals surface area contributed by atoms with Crippen LogP contribution >= 0.6 is 0 Å². The number of nitrogens with zero attached hydrogens (tertiary/aromatic N) is 3. The van der Waals surface area contributed by atoms with E-state index in [9.17, 15) is 5.11 Å². The molecule has 1 aromatic rings. The highest BCUT2D eigenvalue weighted by Gasteiger charge is 2.58. The Bertz CT molecular complexity index is 671. The molecule has 5 rings (SSSR count). The van der Waals surface area contributed by atoms with Crippen LogP contribution in [-0.4, -0.2) is 25.7 Å². The third-order valence-electron chi connectivity index (χ3n) is 9.69. The molecule has 0 aliphatic heterocycles. The maximum Gasteiger partial charge on any atom is 0.0721 e. The molecule has 1 heterocycles. The van der Waals surface area contributed by atoms with Crippen molar-refractivity contribution in [3.63, 3.8) is 0 Å². The molecule has 0 bridgehead atoms. The molecular weight excluding hydrogens is 334 g/mol. The van der Waals surface area contributed by atoms with Crippen molar-refractivity contribution in [3.05, 3.63) is 12.4 Å². The number of hydrogen-bond acceptors (Lipinski definition) is 3. The summed E-state index contributed by atoms with van der Waals surface area (Å²) in [7, 11) is 0. The quantitative estimate of drug-likeness (QED) is 0.808. The minimum absolute atomic E-state index is 0.401. The molecule has 0 aromatic carbocycles. The summed E-state index contributed by atoms with van der Waals surface area (Å²) in [5, 5.41) is 19.5. The first kappa shape index (κ1) is 18.1. The van der Waals surface area contributed by atoms with Gasteiger partial charge in [-0.3, -0.25) is 0 Å². The smallest absolute Gasteiger partial charge is 0.0721 e. The van der Waals surface area contributed by atoms with Crippen molar-refractivity contribution in [3.8, 4) is 0 Å². The molecule has 150 valence electrons. The van der Waals surface area contributed by atoms with Crippen LogP contribution in [0.3, 0.4) is 0 Å². The summed E-state index contributed by atoms with van der Waals surface area (Å²) in [5.41, 5.74) is 0.0586. The van der Waals surface area contributed by atoms with Crippen LogP contribution in [-0.2, 0) is 0 Å². The average Bonchev–Trinajstić information content (AvgIpc) is 3.27. The Hall–Kier alpha value is -0.900. The Labute approximate surface area is 164 Å². The molecule has 4 fully saturated rings. The zero-order chi connectivity index (χ0) is 18.8. The first-order valence-corrected chi connectivity index (χ1v) is 11.5. The maximum atomic E-state index is 10.6. The number of aromatic nitrogens is 3. The largest absolute Gasteiger partial charge is 0.390 e. The minimum atomic E-state index is -0.401. The Morgan fingerprint density at radius 1 is 0.926 bits per heavy atom. The fraction of sp³-hybridized carbons (Fsp3) is 0.913. The van der Waals surface area contributed by atoms with Crippen molar-refractivity contribution in [2.45, 2.75) is 90.2 Å². The van der Waals surface area contributed by atoms with E-state index in [2.05, 4.69) is 31.0 Å². The topological polar surface area (TPSA) is 50.9 Å². The van der Waals surface area contributed by atoms with E-state index in [4.69, 9.17) is 0 Å². The van der Waals surface area contributed by atoms with Crippen LogP contribution in [0.4, 0.5) is 0 Å². The molecule has 0 spiro atoms. The molecule has 1 N–H and O–H groups in total. The second kappa shape index (κ2) is 6.30. The van der Waals surface area contributed by atoms with E-state index in [1.165, 1.54) is 44.9 Å². The highest BCUT2D eigenvalue weighted by Crippen LogP contribution is 2.66. The summed E-state index contributed by atoms with van der Waals surface area (Å²) in [4.78, 5) is 1.96. The highest BCUT2D eigenvalue weighted by molar-refractivity contribution is 5.07. The van der Waals surface area contributed by atoms with Crippen LogP contribution in [0.25, 0.3) is 0 Å². The molecule has 0 amide bonds. The van der Waals surface area contributed by atoms with Crippen molar-refractivity contribution < 1.29 is 5.11 Å². The van der Waals surface area contributed by atoms with Crippen molar-refractivity contribution in [1.29, 1.82) is 0 Å². The van der Waals surface area contributed by atoms with Crippen LogP contribution in [0.2, 0.25) is 0 Å². The van der Waals surface area contributed by atoms with Gasteiger partial charge in [-0.2, -0.15) is 15.0 Å². The summed E-state index contributed by atoms with van der Waals surface area (Å²) in [6.45, 7) is 7.01. The van der Waals surface area contributed by atoms with Gasteiger partial charge in [-0.05, 0) is 113 Å². The standard InChI is InChI=1S/C23H37N3O/c1-15(26-24-12-13-25-26)20-6-7-21-19-5-4-16-14-22(2,27)10-8-17(16)18(19)9-11-23(20,21)3/h12-13,15-21,27H,4-11,14H2,1-3H3/t15-,16+,17-,18+,19+,20+,21?,22+,23+/m0/s1. The molecule has 9 atom stereocenters. The predicted molar refractivity (Wildman–Crippen MR) is 106 cm³/mol. The molecule has 4 heteroatoms. The molecule has 4 nitrogen and oxygen atoms in total. The van der Waals surface area contributed by atoms with Crippen LogP contribution in [0, 0.1) is 40.9 Å². The Balaban J connectivity index is 1.36. The van der Waals surface area contributed by atoms with Gasteiger partial charge in [0, 0.05) is 0 Å². The normalized spacial score (nSPS) is 50.5. The van der Waals surface area contributed by atoms with Crippen molar-refractivity contribution in [1.82, 2.24) is 15.0 Å². The zero-order valence-corrected chi connectivity index (χ0v) is 17.3. The van der Waals surface area contributed by atoms with E-state index in [0.717, 1.165) is 42.4 Å². The third-order valence-corrected chi connectivity index (χ3v) is 9.69. The summed E-state index contributed by atoms with van der Waals surface area (Å²) in [6, 6.07) is 0.410. The van der Waals surface area contributed by atoms with Gasteiger partial charge in [-0.15, -0.1) is 0 Å². The second-order valence-electron chi connectivity index (χ2n) is 11.0. The van der Waals surface area contributed by atoms with Gasteiger partial charge in [0.25, 0.3) is 0 Å². The zero-order valence-electron chi connectivity index (χ0n) is 17.3. The van der Waals surface area contributed by atoms with Crippen LogP contribution < -0.4 is 0 Å². The van der Waals surface area contributed by atoms with E-state index >= 15 is 0 Å². The average molecular weight is 372 g/mol. The molecule has 4 saturated carbocycles. The van der Waals surface area contributed by atoms with E-state index < -0.39 is 5.60 Å². The van der Waals surface area contributed by atoms with Crippen molar-refractivity contribution in [2.75, 3.05) is 0 Å². The van der Waals surface area contributed by atoms with Crippen LogP contribution in [0.1, 0.15) is 84.6 Å². The van der Waals surface area contributed by atoms with Gasteiger partial charge in [0.15, 0.2) is 0 Å². The minimum Gasteiger partial charge on any atom is -0.390 e. The first-order valence-electron chi connectivity index (χ1n) is 11.5. The molecule has 4 aliphatic rings. The van der Waals surface area contributed by atoms with Gasteiger partial charge in [-0.1, -0.05) is 6.92 Å². The van der Waals surface area contributed by atoms with Crippen molar-refractivity contribution >= 4 is 0 Å². The molecule has 0 radical (unpaired) electrons. The van der Waals surface area contributed by atoms with Crippen molar-refractivity contribution in [2.24, 2.45) is 40.9 Å². The monoisotopic (exact) mass is 371 g/mol. The maximum absolute atomic E-state index is 10.6. The number of aliphatic hydroxyl groups is 1.